The molecule has 132 valence electrons. The molecule has 1 aromatic rings. The van der Waals surface area contributed by atoms with Crippen LogP contribution in [-0.2, 0) is 10.0 Å². The van der Waals surface area contributed by atoms with Crippen molar-refractivity contribution >= 4 is 22.4 Å². The van der Waals surface area contributed by atoms with Crippen LogP contribution in [0.3, 0.4) is 0 Å². The van der Waals surface area contributed by atoms with E-state index in [1.165, 1.54) is 5.56 Å². The molecule has 2 rings (SSSR count). The molecule has 0 aliphatic carbocycles. The molecule has 0 aromatic heterocycles. The van der Waals surface area contributed by atoms with Gasteiger partial charge in [-0.2, -0.15) is 4.31 Å². The number of hydrogen-bond acceptors (Lipinski definition) is 3. The lowest BCUT2D eigenvalue weighted by atomic mass is 9.98. The van der Waals surface area contributed by atoms with Crippen molar-refractivity contribution < 1.29 is 8.42 Å². The normalized spacial score (nSPS) is 18.4. The van der Waals surface area contributed by atoms with E-state index in [2.05, 4.69) is 19.2 Å². The van der Waals surface area contributed by atoms with Crippen LogP contribution in [0.2, 0.25) is 0 Å². The van der Waals surface area contributed by atoms with Gasteiger partial charge in [-0.15, -0.1) is 12.4 Å². The lowest BCUT2D eigenvalue weighted by Gasteiger charge is -2.31. The highest BCUT2D eigenvalue weighted by atomic mass is 35.5. The second-order valence-corrected chi connectivity index (χ2v) is 8.22. The van der Waals surface area contributed by atoms with Crippen molar-refractivity contribution in [2.24, 2.45) is 5.92 Å². The monoisotopic (exact) mass is 360 g/mol. The Morgan fingerprint density at radius 1 is 1.22 bits per heavy atom. The molecule has 1 aliphatic heterocycles. The van der Waals surface area contributed by atoms with Gasteiger partial charge in [0, 0.05) is 13.1 Å². The topological polar surface area (TPSA) is 49.4 Å². The maximum Gasteiger partial charge on any atom is 0.243 e. The Balaban J connectivity index is 0.00000264. The molecule has 0 spiro atoms. The van der Waals surface area contributed by atoms with Crippen LogP contribution in [0.5, 0.6) is 0 Å². The Labute approximate surface area is 147 Å². The van der Waals surface area contributed by atoms with E-state index in [-0.39, 0.29) is 12.4 Å². The van der Waals surface area contributed by atoms with Crippen molar-refractivity contribution in [2.75, 3.05) is 26.7 Å². The fourth-order valence-corrected chi connectivity index (χ4v) is 4.47. The summed E-state index contributed by atoms with van der Waals surface area (Å²) in [6.07, 6.45) is 2.93. The Kier molecular flexibility index (Phi) is 8.01. The van der Waals surface area contributed by atoms with Crippen molar-refractivity contribution in [1.29, 1.82) is 0 Å². The first-order valence-electron chi connectivity index (χ1n) is 8.23. The van der Waals surface area contributed by atoms with E-state index in [9.17, 15) is 8.42 Å². The highest BCUT2D eigenvalue weighted by molar-refractivity contribution is 7.89. The molecule has 0 bridgehead atoms. The molecule has 1 unspecified atom stereocenters. The third-order valence-electron chi connectivity index (χ3n) is 4.77. The van der Waals surface area contributed by atoms with E-state index in [0.29, 0.717) is 29.8 Å². The molecular weight excluding hydrogens is 332 g/mol. The molecule has 1 fully saturated rings. The molecular formula is C17H29ClN2O2S. The molecule has 1 aliphatic rings. The van der Waals surface area contributed by atoms with Gasteiger partial charge in [-0.3, -0.25) is 0 Å². The van der Waals surface area contributed by atoms with Gasteiger partial charge in [0.15, 0.2) is 0 Å². The van der Waals surface area contributed by atoms with Gasteiger partial charge >= 0.3 is 0 Å². The molecule has 0 radical (unpaired) electrons. The molecule has 23 heavy (non-hydrogen) atoms. The highest BCUT2D eigenvalue weighted by Crippen LogP contribution is 2.25. The Morgan fingerprint density at radius 2 is 1.78 bits per heavy atom. The zero-order valence-electron chi connectivity index (χ0n) is 14.3. The highest BCUT2D eigenvalue weighted by Gasteiger charge is 2.29. The molecule has 1 atom stereocenters. The van der Waals surface area contributed by atoms with Crippen LogP contribution in [-0.4, -0.2) is 39.4 Å². The molecule has 0 amide bonds. The maximum atomic E-state index is 12.7. The number of nitrogens with one attached hydrogen (secondary N) is 1. The van der Waals surface area contributed by atoms with Crippen LogP contribution in [0.15, 0.2) is 29.2 Å². The minimum atomic E-state index is -3.34. The number of hydrogen-bond donors (Lipinski definition) is 1. The van der Waals surface area contributed by atoms with E-state index in [4.69, 9.17) is 0 Å². The van der Waals surface area contributed by atoms with Gasteiger partial charge in [-0.1, -0.05) is 26.0 Å². The van der Waals surface area contributed by atoms with Gasteiger partial charge in [0.2, 0.25) is 10.0 Å². The van der Waals surface area contributed by atoms with Crippen molar-refractivity contribution in [2.45, 2.75) is 43.9 Å². The standard InChI is InChI=1S/C17H28N2O2S.ClH/c1-4-14(2)16-5-7-17(8-6-16)22(20,21)19-11-9-15(10-12-19)13-18-3;/h5-8,14-15,18H,4,9-13H2,1-3H3;1H. The first-order valence-corrected chi connectivity index (χ1v) is 9.67. The van der Waals surface area contributed by atoms with Gasteiger partial charge < -0.3 is 5.32 Å². The predicted octanol–water partition coefficient (Wildman–Crippen LogP) is 3.24. The van der Waals surface area contributed by atoms with Crippen LogP contribution in [0.25, 0.3) is 0 Å². The Morgan fingerprint density at radius 3 is 2.26 bits per heavy atom. The average Bonchev–Trinajstić information content (AvgIpc) is 2.55. The van der Waals surface area contributed by atoms with Crippen LogP contribution in [0.1, 0.15) is 44.6 Å². The SMILES string of the molecule is CCC(C)c1ccc(S(=O)(=O)N2CCC(CNC)CC2)cc1.Cl. The van der Waals surface area contributed by atoms with Crippen LogP contribution in [0.4, 0.5) is 0 Å². The lowest BCUT2D eigenvalue weighted by Crippen LogP contribution is -2.40. The summed E-state index contributed by atoms with van der Waals surface area (Å²) in [6, 6.07) is 7.43. The van der Waals surface area contributed by atoms with Crippen molar-refractivity contribution in [3.05, 3.63) is 29.8 Å². The largest absolute Gasteiger partial charge is 0.319 e. The fourth-order valence-electron chi connectivity index (χ4n) is 3.00. The number of rotatable bonds is 6. The molecule has 0 saturated carbocycles. The molecule has 1 N–H and O–H groups in total. The van der Waals surface area contributed by atoms with Crippen LogP contribution < -0.4 is 5.32 Å². The molecule has 6 heteroatoms. The van der Waals surface area contributed by atoms with E-state index >= 15 is 0 Å². The minimum Gasteiger partial charge on any atom is -0.319 e. The van der Waals surface area contributed by atoms with Crippen molar-refractivity contribution in [1.82, 2.24) is 9.62 Å². The molecule has 1 aromatic carbocycles. The summed E-state index contributed by atoms with van der Waals surface area (Å²) >= 11 is 0. The van der Waals surface area contributed by atoms with Crippen LogP contribution >= 0.6 is 12.4 Å². The lowest BCUT2D eigenvalue weighted by molar-refractivity contribution is 0.270. The summed E-state index contributed by atoms with van der Waals surface area (Å²) in [5.41, 5.74) is 1.20. The summed E-state index contributed by atoms with van der Waals surface area (Å²) in [5, 5.41) is 3.18. The first-order chi connectivity index (χ1) is 10.5. The maximum absolute atomic E-state index is 12.7. The van der Waals surface area contributed by atoms with Gasteiger partial charge in [-0.05, 0) is 62.4 Å². The predicted molar refractivity (Wildman–Crippen MR) is 97.8 cm³/mol. The van der Waals surface area contributed by atoms with Gasteiger partial charge in [0.1, 0.15) is 0 Å². The summed E-state index contributed by atoms with van der Waals surface area (Å²) in [5.74, 6) is 1.05. The molecule has 1 heterocycles. The third kappa shape index (κ3) is 4.92. The van der Waals surface area contributed by atoms with E-state index in [1.807, 2.05) is 19.2 Å². The minimum absolute atomic E-state index is 0. The number of piperidine rings is 1. The first kappa shape index (κ1) is 20.4. The number of benzene rings is 1. The second kappa shape index (κ2) is 9.02. The zero-order chi connectivity index (χ0) is 16.2. The summed E-state index contributed by atoms with van der Waals surface area (Å²) in [6.45, 7) is 6.53. The smallest absolute Gasteiger partial charge is 0.243 e. The van der Waals surface area contributed by atoms with E-state index in [0.717, 1.165) is 25.8 Å². The van der Waals surface area contributed by atoms with Crippen molar-refractivity contribution in [3.63, 3.8) is 0 Å². The summed E-state index contributed by atoms with van der Waals surface area (Å²) in [7, 11) is -1.39. The van der Waals surface area contributed by atoms with Crippen LogP contribution in [0, 0.1) is 5.92 Å². The number of halogens is 1. The van der Waals surface area contributed by atoms with Gasteiger partial charge in [-0.25, -0.2) is 8.42 Å². The third-order valence-corrected chi connectivity index (χ3v) is 6.68. The summed E-state index contributed by atoms with van der Waals surface area (Å²) in [4.78, 5) is 0.423. The fraction of sp³-hybridized carbons (Fsp3) is 0.647. The zero-order valence-corrected chi connectivity index (χ0v) is 15.9. The van der Waals surface area contributed by atoms with E-state index < -0.39 is 10.0 Å². The molecule has 1 saturated heterocycles. The molecule has 4 nitrogen and oxygen atoms in total. The second-order valence-electron chi connectivity index (χ2n) is 6.28. The van der Waals surface area contributed by atoms with Gasteiger partial charge in [0.05, 0.1) is 4.90 Å². The number of nitrogens with zero attached hydrogens (tertiary/aromatic N) is 1. The van der Waals surface area contributed by atoms with E-state index in [1.54, 1.807) is 16.4 Å². The van der Waals surface area contributed by atoms with Crippen molar-refractivity contribution in [3.8, 4) is 0 Å². The number of sulfonamides is 1. The Hall–Kier alpha value is -0.620. The quantitative estimate of drug-likeness (QED) is 0.847. The Bertz CT molecular complexity index is 567. The van der Waals surface area contributed by atoms with Gasteiger partial charge in [0.25, 0.3) is 0 Å². The summed E-state index contributed by atoms with van der Waals surface area (Å²) < 4.78 is 27.1. The average molecular weight is 361 g/mol.